The molecule has 1 aliphatic rings. The van der Waals surface area contributed by atoms with Gasteiger partial charge in [0.2, 0.25) is 0 Å². The number of aliphatic carboxylic acids is 1. The number of rotatable bonds is 6. The number of hydrogen-bond acceptors (Lipinski definition) is 5. The number of sulfone groups is 1. The second-order valence-corrected chi connectivity index (χ2v) is 7.52. The third-order valence-electron chi connectivity index (χ3n) is 3.09. The van der Waals surface area contributed by atoms with Crippen molar-refractivity contribution in [3.63, 3.8) is 0 Å². The maximum absolute atomic E-state index is 12.0. The molecule has 2 N–H and O–H groups in total. The van der Waals surface area contributed by atoms with Crippen LogP contribution in [0.4, 0.5) is 4.79 Å². The highest BCUT2D eigenvalue weighted by molar-refractivity contribution is 7.90. The van der Waals surface area contributed by atoms with E-state index in [-0.39, 0.29) is 24.5 Å². The van der Waals surface area contributed by atoms with E-state index in [4.69, 9.17) is 9.84 Å². The Hall–Kier alpha value is -1.35. The Balaban J connectivity index is 2.33. The Morgan fingerprint density at radius 2 is 1.95 bits per heavy atom. The fourth-order valence-corrected chi connectivity index (χ4v) is 3.20. The molecular weight excluding hydrogens is 300 g/mol. The number of nitrogens with one attached hydrogen (secondary N) is 1. The minimum atomic E-state index is -3.13. The van der Waals surface area contributed by atoms with Crippen molar-refractivity contribution >= 4 is 21.8 Å². The minimum Gasteiger partial charge on any atom is -0.480 e. The molecule has 2 amide bonds. The van der Waals surface area contributed by atoms with Crippen LogP contribution in [-0.2, 0) is 19.4 Å². The first-order chi connectivity index (χ1) is 9.67. The van der Waals surface area contributed by atoms with Crippen molar-refractivity contribution in [1.29, 1.82) is 0 Å². The molecule has 1 fully saturated rings. The highest BCUT2D eigenvalue weighted by atomic mass is 32.2. The van der Waals surface area contributed by atoms with Crippen LogP contribution in [0.3, 0.4) is 0 Å². The zero-order valence-electron chi connectivity index (χ0n) is 12.2. The van der Waals surface area contributed by atoms with Gasteiger partial charge in [0.05, 0.1) is 11.9 Å². The summed E-state index contributed by atoms with van der Waals surface area (Å²) in [4.78, 5) is 23.9. The van der Waals surface area contributed by atoms with Gasteiger partial charge in [0.1, 0.15) is 16.4 Å². The Labute approximate surface area is 124 Å². The number of piperidine rings is 1. The third-order valence-corrected chi connectivity index (χ3v) is 4.20. The van der Waals surface area contributed by atoms with E-state index in [0.29, 0.717) is 25.9 Å². The van der Waals surface area contributed by atoms with E-state index in [0.717, 1.165) is 6.26 Å². The maximum atomic E-state index is 12.0. The molecule has 0 aliphatic carbocycles. The van der Waals surface area contributed by atoms with Crippen LogP contribution < -0.4 is 5.32 Å². The summed E-state index contributed by atoms with van der Waals surface area (Å²) < 4.78 is 27.5. The van der Waals surface area contributed by atoms with Gasteiger partial charge in [0.25, 0.3) is 0 Å². The lowest BCUT2D eigenvalue weighted by atomic mass is 10.1. The van der Waals surface area contributed by atoms with E-state index >= 15 is 0 Å². The molecule has 1 atom stereocenters. The van der Waals surface area contributed by atoms with Crippen molar-refractivity contribution in [2.75, 3.05) is 31.7 Å². The van der Waals surface area contributed by atoms with Gasteiger partial charge in [-0.2, -0.15) is 0 Å². The molecule has 0 aromatic carbocycles. The Bertz CT molecular complexity index is 470. The molecule has 21 heavy (non-hydrogen) atoms. The monoisotopic (exact) mass is 322 g/mol. The summed E-state index contributed by atoms with van der Waals surface area (Å²) >= 11 is 0. The van der Waals surface area contributed by atoms with Crippen LogP contribution in [0.25, 0.3) is 0 Å². The predicted molar refractivity (Wildman–Crippen MR) is 75.9 cm³/mol. The Morgan fingerprint density at radius 3 is 2.43 bits per heavy atom. The first-order valence-electron chi connectivity index (χ1n) is 6.74. The average molecular weight is 322 g/mol. The summed E-state index contributed by atoms with van der Waals surface area (Å²) in [7, 11) is -3.13. The topological polar surface area (TPSA) is 113 Å². The SMILES string of the molecule is CC(CS(C)(=O)=O)NC(=O)N1CCC(OCC(=O)O)CC1. The summed E-state index contributed by atoms with van der Waals surface area (Å²) in [5.41, 5.74) is 0. The summed E-state index contributed by atoms with van der Waals surface area (Å²) in [5, 5.41) is 11.2. The summed E-state index contributed by atoms with van der Waals surface area (Å²) in [6.45, 7) is 2.23. The summed E-state index contributed by atoms with van der Waals surface area (Å²) in [5.74, 6) is -1.11. The number of nitrogens with zero attached hydrogens (tertiary/aromatic N) is 1. The molecule has 1 rings (SSSR count). The van der Waals surface area contributed by atoms with Crippen LogP contribution in [0, 0.1) is 0 Å². The quantitative estimate of drug-likeness (QED) is 0.694. The number of hydrogen-bond donors (Lipinski definition) is 2. The zero-order valence-corrected chi connectivity index (χ0v) is 13.1. The largest absolute Gasteiger partial charge is 0.480 e. The zero-order chi connectivity index (χ0) is 16.0. The molecule has 1 unspecified atom stereocenters. The normalized spacial score (nSPS) is 18.3. The number of carboxylic acids is 1. The van der Waals surface area contributed by atoms with Gasteiger partial charge in [-0.15, -0.1) is 0 Å². The fourth-order valence-electron chi connectivity index (χ4n) is 2.21. The van der Waals surface area contributed by atoms with Gasteiger partial charge in [-0.3, -0.25) is 0 Å². The number of carbonyl (C=O) groups excluding carboxylic acids is 1. The minimum absolute atomic E-state index is 0.100. The highest BCUT2D eigenvalue weighted by Gasteiger charge is 2.25. The van der Waals surface area contributed by atoms with E-state index in [2.05, 4.69) is 5.32 Å². The van der Waals surface area contributed by atoms with Gasteiger partial charge >= 0.3 is 12.0 Å². The van der Waals surface area contributed by atoms with Crippen molar-refractivity contribution in [1.82, 2.24) is 10.2 Å². The molecule has 0 bridgehead atoms. The van der Waals surface area contributed by atoms with E-state index in [1.807, 2.05) is 0 Å². The van der Waals surface area contributed by atoms with E-state index in [1.165, 1.54) is 0 Å². The van der Waals surface area contributed by atoms with Crippen molar-refractivity contribution in [2.24, 2.45) is 0 Å². The first-order valence-corrected chi connectivity index (χ1v) is 8.80. The van der Waals surface area contributed by atoms with Crippen LogP contribution in [-0.4, -0.2) is 74.3 Å². The first kappa shape index (κ1) is 17.7. The molecule has 1 saturated heterocycles. The van der Waals surface area contributed by atoms with Crippen molar-refractivity contribution in [3.05, 3.63) is 0 Å². The van der Waals surface area contributed by atoms with Gasteiger partial charge in [0, 0.05) is 25.4 Å². The number of carbonyl (C=O) groups is 2. The summed E-state index contributed by atoms with van der Waals surface area (Å²) in [6.07, 6.45) is 2.11. The molecule has 0 radical (unpaired) electrons. The number of carboxylic acid groups (broad SMARTS) is 1. The lowest BCUT2D eigenvalue weighted by Crippen LogP contribution is -2.49. The lowest BCUT2D eigenvalue weighted by molar-refractivity contribution is -0.145. The molecule has 0 aromatic rings. The predicted octanol–water partition coefficient (Wildman–Crippen LogP) is -0.305. The second-order valence-electron chi connectivity index (χ2n) is 5.33. The van der Waals surface area contributed by atoms with Crippen LogP contribution in [0.5, 0.6) is 0 Å². The van der Waals surface area contributed by atoms with Gasteiger partial charge < -0.3 is 20.1 Å². The summed E-state index contributed by atoms with van der Waals surface area (Å²) in [6, 6.07) is -0.753. The molecule has 1 aliphatic heterocycles. The van der Waals surface area contributed by atoms with E-state index in [9.17, 15) is 18.0 Å². The van der Waals surface area contributed by atoms with Crippen LogP contribution in [0.2, 0.25) is 0 Å². The molecule has 8 nitrogen and oxygen atoms in total. The van der Waals surface area contributed by atoms with Gasteiger partial charge in [-0.05, 0) is 19.8 Å². The van der Waals surface area contributed by atoms with Crippen molar-refractivity contribution in [2.45, 2.75) is 31.9 Å². The number of likely N-dealkylation sites (tertiary alicyclic amines) is 1. The fraction of sp³-hybridized carbons (Fsp3) is 0.833. The van der Waals surface area contributed by atoms with Crippen molar-refractivity contribution in [3.8, 4) is 0 Å². The lowest BCUT2D eigenvalue weighted by Gasteiger charge is -2.32. The third kappa shape index (κ3) is 7.28. The van der Waals surface area contributed by atoms with Crippen LogP contribution in [0.1, 0.15) is 19.8 Å². The highest BCUT2D eigenvalue weighted by Crippen LogP contribution is 2.13. The number of amides is 2. The maximum Gasteiger partial charge on any atom is 0.329 e. The molecule has 9 heteroatoms. The van der Waals surface area contributed by atoms with Crippen LogP contribution in [0.15, 0.2) is 0 Å². The average Bonchev–Trinajstić information content (AvgIpc) is 2.34. The van der Waals surface area contributed by atoms with Crippen molar-refractivity contribution < 1.29 is 27.9 Å². The smallest absolute Gasteiger partial charge is 0.329 e. The Morgan fingerprint density at radius 1 is 1.38 bits per heavy atom. The molecule has 0 saturated carbocycles. The molecule has 122 valence electrons. The standard InChI is InChI=1S/C12H22N2O6S/c1-9(8-21(2,18)19)13-12(17)14-5-3-10(4-6-14)20-7-11(15)16/h9-10H,3-8H2,1-2H3,(H,13,17)(H,15,16). The molecule has 1 heterocycles. The molecule has 0 spiro atoms. The van der Waals surface area contributed by atoms with Gasteiger partial charge in [-0.25, -0.2) is 18.0 Å². The number of urea groups is 1. The second kappa shape index (κ2) is 7.60. The van der Waals surface area contributed by atoms with Gasteiger partial charge in [-0.1, -0.05) is 0 Å². The molecule has 0 aromatic heterocycles. The van der Waals surface area contributed by atoms with Crippen LogP contribution >= 0.6 is 0 Å². The molecular formula is C12H22N2O6S. The Kier molecular flexibility index (Phi) is 6.41. The van der Waals surface area contributed by atoms with E-state index in [1.54, 1.807) is 11.8 Å². The number of ether oxygens (including phenoxy) is 1. The van der Waals surface area contributed by atoms with Gasteiger partial charge in [0.15, 0.2) is 0 Å². The van der Waals surface area contributed by atoms with E-state index < -0.39 is 21.8 Å².